The minimum atomic E-state index is 0.672. The zero-order valence-corrected chi connectivity index (χ0v) is 10.4. The number of nitrogens with two attached hydrogens (primary N) is 1. The first kappa shape index (κ1) is 12.5. The van der Waals surface area contributed by atoms with Crippen LogP contribution in [0.15, 0.2) is 35.8 Å². The van der Waals surface area contributed by atoms with Gasteiger partial charge in [-0.25, -0.2) is 0 Å². The number of benzene rings is 1. The van der Waals surface area contributed by atoms with E-state index in [4.69, 9.17) is 12.2 Å². The smallest absolute Gasteiger partial charge is 0.0332 e. The van der Waals surface area contributed by atoms with Crippen LogP contribution < -0.4 is 5.73 Å². The molecule has 0 unspecified atom stereocenters. The van der Waals surface area contributed by atoms with Crippen LogP contribution in [0, 0.1) is 12.3 Å². The lowest BCUT2D eigenvalue weighted by atomic mass is 10.1. The summed E-state index contributed by atoms with van der Waals surface area (Å²) < 4.78 is 0. The molecule has 0 atom stereocenters. The highest BCUT2D eigenvalue weighted by Crippen LogP contribution is 2.32. The molecule has 0 aliphatic heterocycles. The van der Waals surface area contributed by atoms with Crippen molar-refractivity contribution in [3.63, 3.8) is 0 Å². The van der Waals surface area contributed by atoms with Crippen molar-refractivity contribution in [1.29, 1.82) is 0 Å². The predicted molar refractivity (Wildman–Crippen MR) is 74.8 cm³/mol. The van der Waals surface area contributed by atoms with Crippen molar-refractivity contribution in [2.45, 2.75) is 13.8 Å². The van der Waals surface area contributed by atoms with Gasteiger partial charge in [-0.3, -0.25) is 0 Å². The highest BCUT2D eigenvalue weighted by molar-refractivity contribution is 8.11. The average Bonchev–Trinajstić information content (AvgIpc) is 2.27. The Morgan fingerprint density at radius 3 is 2.75 bits per heavy atom. The SMILES string of the molecule is C#Cc1cc(N)cc(C(=C)S/C(C)=C\C)c1. The highest BCUT2D eigenvalue weighted by atomic mass is 32.2. The van der Waals surface area contributed by atoms with Gasteiger partial charge in [-0.15, -0.1) is 6.42 Å². The number of anilines is 1. The zero-order chi connectivity index (χ0) is 12.1. The van der Waals surface area contributed by atoms with E-state index in [1.54, 1.807) is 17.8 Å². The summed E-state index contributed by atoms with van der Waals surface area (Å²) in [6, 6.07) is 5.59. The molecule has 0 fully saturated rings. The molecular weight excluding hydrogens is 214 g/mol. The molecular formula is C14H15NS. The van der Waals surface area contributed by atoms with Gasteiger partial charge in [0.05, 0.1) is 0 Å². The number of terminal acetylenes is 1. The van der Waals surface area contributed by atoms with Crippen LogP contribution in [-0.2, 0) is 0 Å². The van der Waals surface area contributed by atoms with Crippen molar-refractivity contribution in [3.8, 4) is 12.3 Å². The Labute approximate surface area is 101 Å². The molecule has 16 heavy (non-hydrogen) atoms. The lowest BCUT2D eigenvalue weighted by Crippen LogP contribution is -1.89. The normalized spacial score (nSPS) is 10.9. The first-order valence-electron chi connectivity index (χ1n) is 4.94. The molecule has 0 saturated carbocycles. The van der Waals surface area contributed by atoms with Crippen molar-refractivity contribution < 1.29 is 0 Å². The molecule has 1 aromatic carbocycles. The molecule has 1 aromatic rings. The van der Waals surface area contributed by atoms with Gasteiger partial charge >= 0.3 is 0 Å². The van der Waals surface area contributed by atoms with Crippen LogP contribution in [0.25, 0.3) is 4.91 Å². The lowest BCUT2D eigenvalue weighted by Gasteiger charge is -2.07. The number of thioether (sulfide) groups is 1. The molecule has 0 saturated heterocycles. The number of nitrogen functional groups attached to an aromatic ring is 1. The Morgan fingerprint density at radius 2 is 2.19 bits per heavy atom. The van der Waals surface area contributed by atoms with E-state index in [1.165, 1.54) is 4.91 Å². The molecule has 0 radical (unpaired) electrons. The first-order valence-corrected chi connectivity index (χ1v) is 5.75. The molecule has 2 N–H and O–H groups in total. The van der Waals surface area contributed by atoms with Gasteiger partial charge in [0.1, 0.15) is 0 Å². The van der Waals surface area contributed by atoms with Crippen LogP contribution in [0.4, 0.5) is 5.69 Å². The van der Waals surface area contributed by atoms with Crippen molar-refractivity contribution in [2.24, 2.45) is 0 Å². The lowest BCUT2D eigenvalue weighted by molar-refractivity contribution is 1.58. The monoisotopic (exact) mass is 229 g/mol. The molecule has 0 aliphatic carbocycles. The average molecular weight is 229 g/mol. The fourth-order valence-corrected chi connectivity index (χ4v) is 1.95. The Kier molecular flexibility index (Phi) is 4.28. The van der Waals surface area contributed by atoms with Crippen LogP contribution in [0.1, 0.15) is 25.0 Å². The van der Waals surface area contributed by atoms with Gasteiger partial charge in [-0.2, -0.15) is 0 Å². The third kappa shape index (κ3) is 3.22. The van der Waals surface area contributed by atoms with E-state index in [2.05, 4.69) is 12.5 Å². The van der Waals surface area contributed by atoms with Gasteiger partial charge in [-0.1, -0.05) is 30.3 Å². The van der Waals surface area contributed by atoms with Gasteiger partial charge in [0.2, 0.25) is 0 Å². The summed E-state index contributed by atoms with van der Waals surface area (Å²) in [5.41, 5.74) is 8.22. The summed E-state index contributed by atoms with van der Waals surface area (Å²) in [6.07, 6.45) is 7.41. The van der Waals surface area contributed by atoms with E-state index in [9.17, 15) is 0 Å². The van der Waals surface area contributed by atoms with Crippen molar-refractivity contribution in [3.05, 3.63) is 46.9 Å². The maximum absolute atomic E-state index is 5.78. The third-order valence-electron chi connectivity index (χ3n) is 2.13. The Morgan fingerprint density at radius 1 is 1.50 bits per heavy atom. The summed E-state index contributed by atoms with van der Waals surface area (Å²) in [4.78, 5) is 2.16. The Balaban J connectivity index is 3.01. The van der Waals surface area contributed by atoms with Gasteiger partial charge < -0.3 is 5.73 Å². The maximum atomic E-state index is 5.78. The van der Waals surface area contributed by atoms with E-state index in [-0.39, 0.29) is 0 Å². The number of allylic oxidation sites excluding steroid dienone is 2. The second kappa shape index (κ2) is 5.48. The quantitative estimate of drug-likeness (QED) is 0.629. The molecule has 1 nitrogen and oxygen atoms in total. The van der Waals surface area contributed by atoms with Gasteiger partial charge in [0.25, 0.3) is 0 Å². The van der Waals surface area contributed by atoms with E-state index in [1.807, 2.05) is 32.1 Å². The topological polar surface area (TPSA) is 26.0 Å². The molecule has 0 amide bonds. The summed E-state index contributed by atoms with van der Waals surface area (Å²) in [6.45, 7) is 8.08. The molecule has 0 aliphatic rings. The number of hydrogen-bond donors (Lipinski definition) is 1. The van der Waals surface area contributed by atoms with E-state index in [0.717, 1.165) is 16.0 Å². The largest absolute Gasteiger partial charge is 0.399 e. The fourth-order valence-electron chi connectivity index (χ4n) is 1.21. The fraction of sp³-hybridized carbons (Fsp3) is 0.143. The second-order valence-corrected chi connectivity index (χ2v) is 4.75. The second-order valence-electron chi connectivity index (χ2n) is 3.41. The molecule has 0 bridgehead atoms. The van der Waals surface area contributed by atoms with Crippen molar-refractivity contribution in [1.82, 2.24) is 0 Å². The van der Waals surface area contributed by atoms with Crippen LogP contribution in [0.3, 0.4) is 0 Å². The van der Waals surface area contributed by atoms with Gasteiger partial charge in [0.15, 0.2) is 0 Å². The van der Waals surface area contributed by atoms with E-state index >= 15 is 0 Å². The molecule has 0 heterocycles. The zero-order valence-electron chi connectivity index (χ0n) is 9.58. The molecule has 2 heteroatoms. The van der Waals surface area contributed by atoms with Crippen LogP contribution in [0.5, 0.6) is 0 Å². The molecule has 0 aromatic heterocycles. The van der Waals surface area contributed by atoms with Crippen LogP contribution >= 0.6 is 11.8 Å². The first-order chi connectivity index (χ1) is 7.56. The third-order valence-corrected chi connectivity index (χ3v) is 3.17. The van der Waals surface area contributed by atoms with Crippen LogP contribution in [-0.4, -0.2) is 0 Å². The summed E-state index contributed by atoms with van der Waals surface area (Å²) in [5, 5.41) is 0. The Bertz CT molecular complexity index is 478. The van der Waals surface area contributed by atoms with Gasteiger partial charge in [0, 0.05) is 16.2 Å². The van der Waals surface area contributed by atoms with Crippen molar-refractivity contribution in [2.75, 3.05) is 5.73 Å². The summed E-state index contributed by atoms with van der Waals surface area (Å²) >= 11 is 1.62. The minimum Gasteiger partial charge on any atom is -0.399 e. The standard InChI is InChI=1S/C14H15NS/c1-5-10(3)16-11(4)13-7-12(6-2)8-14(15)9-13/h2,5,7-9H,4,15H2,1,3H3/b10-5-. The summed E-state index contributed by atoms with van der Waals surface area (Å²) in [7, 11) is 0. The maximum Gasteiger partial charge on any atom is 0.0332 e. The van der Waals surface area contributed by atoms with Crippen molar-refractivity contribution >= 4 is 22.4 Å². The van der Waals surface area contributed by atoms with Gasteiger partial charge in [-0.05, 0) is 42.5 Å². The number of rotatable bonds is 3. The molecule has 0 spiro atoms. The molecule has 1 rings (SSSR count). The Hall–Kier alpha value is -1.59. The number of hydrogen-bond acceptors (Lipinski definition) is 2. The van der Waals surface area contributed by atoms with E-state index in [0.29, 0.717) is 5.69 Å². The van der Waals surface area contributed by atoms with E-state index < -0.39 is 0 Å². The predicted octanol–water partition coefficient (Wildman–Crippen LogP) is 3.88. The minimum absolute atomic E-state index is 0.672. The molecule has 82 valence electrons. The summed E-state index contributed by atoms with van der Waals surface area (Å²) in [5.74, 6) is 2.59. The highest BCUT2D eigenvalue weighted by Gasteiger charge is 2.03. The van der Waals surface area contributed by atoms with Crippen LogP contribution in [0.2, 0.25) is 0 Å².